The Bertz CT molecular complexity index is 1280. The van der Waals surface area contributed by atoms with Crippen LogP contribution in [0.15, 0.2) is 67.0 Å². The van der Waals surface area contributed by atoms with Crippen LogP contribution in [-0.4, -0.2) is 15.3 Å². The molecular formula is C23H18F3N3O2. The predicted molar refractivity (Wildman–Crippen MR) is 110 cm³/mol. The number of amides is 1. The highest BCUT2D eigenvalue weighted by atomic mass is 19.4. The van der Waals surface area contributed by atoms with Gasteiger partial charge in [0, 0.05) is 24.2 Å². The van der Waals surface area contributed by atoms with E-state index in [0.29, 0.717) is 11.1 Å². The van der Waals surface area contributed by atoms with Gasteiger partial charge in [-0.05, 0) is 54.4 Å². The number of rotatable bonds is 4. The van der Waals surface area contributed by atoms with E-state index in [4.69, 9.17) is 4.84 Å². The molecule has 2 aromatic heterocycles. The van der Waals surface area contributed by atoms with Gasteiger partial charge in [-0.15, -0.1) is 0 Å². The van der Waals surface area contributed by atoms with E-state index in [0.717, 1.165) is 23.0 Å². The lowest BCUT2D eigenvalue weighted by Gasteiger charge is -2.16. The Labute approximate surface area is 176 Å². The molecule has 5 nitrogen and oxygen atoms in total. The number of carbonyl (C=O) groups is 1. The van der Waals surface area contributed by atoms with Gasteiger partial charge in [-0.25, -0.2) is 4.98 Å². The summed E-state index contributed by atoms with van der Waals surface area (Å²) in [5.41, 5.74) is 4.60. The highest BCUT2D eigenvalue weighted by Crippen LogP contribution is 2.39. The predicted octanol–water partition coefficient (Wildman–Crippen LogP) is 5.43. The molecule has 1 N–H and O–H groups in total. The number of nitrogens with zero attached hydrogens (tertiary/aromatic N) is 2. The van der Waals surface area contributed by atoms with Crippen LogP contribution in [-0.2, 0) is 11.0 Å². The first-order valence-corrected chi connectivity index (χ1v) is 9.42. The van der Waals surface area contributed by atoms with Gasteiger partial charge in [0.25, 0.3) is 0 Å². The normalized spacial score (nSPS) is 11.5. The lowest BCUT2D eigenvalue weighted by Crippen LogP contribution is -2.24. The molecule has 2 heterocycles. The standard InChI is InChI=1S/C23H18F3N3O2/c1-14-6-7-16(12-19(14)23(24,25)26)18-11-17(8-9-21(18)31-28-15(2)30)20-13-27-22-5-3-4-10-29(20)22/h3-13H,1-2H3,(H,28,30). The van der Waals surface area contributed by atoms with E-state index in [1.165, 1.54) is 19.9 Å². The minimum absolute atomic E-state index is 0.124. The maximum Gasteiger partial charge on any atom is 0.416 e. The summed E-state index contributed by atoms with van der Waals surface area (Å²) in [6.45, 7) is 2.69. The number of aromatic nitrogens is 2. The lowest BCUT2D eigenvalue weighted by atomic mass is 9.96. The van der Waals surface area contributed by atoms with E-state index in [1.807, 2.05) is 28.8 Å². The van der Waals surface area contributed by atoms with E-state index in [-0.39, 0.29) is 11.3 Å². The molecule has 1 amide bonds. The molecule has 0 bridgehead atoms. The number of imidazole rings is 1. The molecule has 158 valence electrons. The van der Waals surface area contributed by atoms with Gasteiger partial charge in [0.2, 0.25) is 5.91 Å². The highest BCUT2D eigenvalue weighted by Gasteiger charge is 2.32. The summed E-state index contributed by atoms with van der Waals surface area (Å²) in [4.78, 5) is 21.0. The zero-order chi connectivity index (χ0) is 22.2. The number of carbonyl (C=O) groups excluding carboxylic acids is 1. The highest BCUT2D eigenvalue weighted by molar-refractivity contribution is 5.79. The summed E-state index contributed by atoms with van der Waals surface area (Å²) in [5, 5.41) is 0. The minimum atomic E-state index is -4.49. The monoisotopic (exact) mass is 425 g/mol. The molecule has 4 aromatic rings. The van der Waals surface area contributed by atoms with Crippen molar-refractivity contribution in [3.63, 3.8) is 0 Å². The molecule has 4 rings (SSSR count). The Balaban J connectivity index is 1.88. The molecule has 0 radical (unpaired) electrons. The third-order valence-electron chi connectivity index (χ3n) is 4.85. The third kappa shape index (κ3) is 4.09. The van der Waals surface area contributed by atoms with Crippen molar-refractivity contribution < 1.29 is 22.8 Å². The second kappa shape index (κ2) is 7.79. The topological polar surface area (TPSA) is 55.6 Å². The van der Waals surface area contributed by atoms with Crippen molar-refractivity contribution in [3.05, 3.63) is 78.1 Å². The van der Waals surface area contributed by atoms with Crippen LogP contribution in [0.4, 0.5) is 13.2 Å². The van der Waals surface area contributed by atoms with Crippen LogP contribution in [0.2, 0.25) is 0 Å². The largest absolute Gasteiger partial charge is 0.416 e. The fourth-order valence-electron chi connectivity index (χ4n) is 3.37. The van der Waals surface area contributed by atoms with Gasteiger partial charge in [-0.1, -0.05) is 18.2 Å². The Kier molecular flexibility index (Phi) is 5.14. The summed E-state index contributed by atoms with van der Waals surface area (Å²) < 4.78 is 42.3. The second-order valence-electron chi connectivity index (χ2n) is 7.07. The van der Waals surface area contributed by atoms with Crippen molar-refractivity contribution in [2.24, 2.45) is 0 Å². The van der Waals surface area contributed by atoms with E-state index < -0.39 is 17.6 Å². The average Bonchev–Trinajstić information content (AvgIpc) is 3.16. The smallest absolute Gasteiger partial charge is 0.379 e. The molecule has 0 aliphatic rings. The molecule has 0 saturated carbocycles. The van der Waals surface area contributed by atoms with Crippen molar-refractivity contribution in [1.29, 1.82) is 0 Å². The Morgan fingerprint density at radius 2 is 1.84 bits per heavy atom. The number of halogens is 3. The van der Waals surface area contributed by atoms with Crippen LogP contribution in [0, 0.1) is 6.92 Å². The Morgan fingerprint density at radius 3 is 2.58 bits per heavy atom. The van der Waals surface area contributed by atoms with Crippen molar-refractivity contribution in [2.75, 3.05) is 0 Å². The van der Waals surface area contributed by atoms with Crippen molar-refractivity contribution in [2.45, 2.75) is 20.0 Å². The minimum Gasteiger partial charge on any atom is -0.379 e. The number of aryl methyl sites for hydroxylation is 1. The summed E-state index contributed by atoms with van der Waals surface area (Å²) in [6.07, 6.45) is -0.941. The van der Waals surface area contributed by atoms with E-state index >= 15 is 0 Å². The molecule has 31 heavy (non-hydrogen) atoms. The van der Waals surface area contributed by atoms with Crippen molar-refractivity contribution >= 4 is 11.6 Å². The van der Waals surface area contributed by atoms with Crippen molar-refractivity contribution in [1.82, 2.24) is 14.9 Å². The fraction of sp³-hybridized carbons (Fsp3) is 0.130. The molecular weight excluding hydrogens is 407 g/mol. The molecule has 8 heteroatoms. The van der Waals surface area contributed by atoms with Gasteiger partial charge in [0.05, 0.1) is 17.5 Å². The SMILES string of the molecule is CC(=O)NOc1ccc(-c2cnc3ccccn23)cc1-c1ccc(C)c(C(F)(F)F)c1. The van der Waals surface area contributed by atoms with Gasteiger partial charge in [0.1, 0.15) is 5.65 Å². The Hall–Kier alpha value is -3.81. The molecule has 0 fully saturated rings. The van der Waals surface area contributed by atoms with Gasteiger partial charge in [0.15, 0.2) is 5.75 Å². The number of hydroxylamine groups is 1. The molecule has 0 aliphatic heterocycles. The van der Waals surface area contributed by atoms with Gasteiger partial charge in [-0.2, -0.15) is 18.7 Å². The number of fused-ring (bicyclic) bond motifs is 1. The van der Waals surface area contributed by atoms with Gasteiger partial charge >= 0.3 is 6.18 Å². The molecule has 0 aliphatic carbocycles. The first-order chi connectivity index (χ1) is 14.7. The fourth-order valence-corrected chi connectivity index (χ4v) is 3.37. The summed E-state index contributed by atoms with van der Waals surface area (Å²) in [6, 6.07) is 14.8. The first kappa shape index (κ1) is 20.5. The summed E-state index contributed by atoms with van der Waals surface area (Å²) in [5.74, 6) is -0.207. The first-order valence-electron chi connectivity index (χ1n) is 9.42. The average molecular weight is 425 g/mol. The number of benzene rings is 2. The summed E-state index contributed by atoms with van der Waals surface area (Å²) in [7, 11) is 0. The molecule has 0 spiro atoms. The van der Waals surface area contributed by atoms with Crippen LogP contribution in [0.5, 0.6) is 5.75 Å². The van der Waals surface area contributed by atoms with Crippen LogP contribution in [0.3, 0.4) is 0 Å². The van der Waals surface area contributed by atoms with E-state index in [9.17, 15) is 18.0 Å². The van der Waals surface area contributed by atoms with Gasteiger partial charge < -0.3 is 4.84 Å². The number of nitrogens with one attached hydrogen (secondary N) is 1. The van der Waals surface area contributed by atoms with E-state index in [1.54, 1.807) is 30.5 Å². The number of pyridine rings is 1. The van der Waals surface area contributed by atoms with E-state index in [2.05, 4.69) is 10.5 Å². The molecule has 0 atom stereocenters. The number of alkyl halides is 3. The maximum atomic E-state index is 13.5. The van der Waals surface area contributed by atoms with Crippen LogP contribution >= 0.6 is 0 Å². The zero-order valence-electron chi connectivity index (χ0n) is 16.7. The quantitative estimate of drug-likeness (QED) is 0.444. The van der Waals surface area contributed by atoms with Crippen LogP contribution < -0.4 is 10.3 Å². The number of hydrogen-bond donors (Lipinski definition) is 1. The lowest BCUT2D eigenvalue weighted by molar-refractivity contribution is -0.138. The van der Waals surface area contributed by atoms with Crippen LogP contribution in [0.1, 0.15) is 18.1 Å². The van der Waals surface area contributed by atoms with Crippen LogP contribution in [0.25, 0.3) is 28.0 Å². The molecule has 0 saturated heterocycles. The number of hydrogen-bond acceptors (Lipinski definition) is 3. The van der Waals surface area contributed by atoms with Gasteiger partial charge in [-0.3, -0.25) is 9.20 Å². The third-order valence-corrected chi connectivity index (χ3v) is 4.85. The summed E-state index contributed by atoms with van der Waals surface area (Å²) >= 11 is 0. The maximum absolute atomic E-state index is 13.5. The molecule has 2 aromatic carbocycles. The van der Waals surface area contributed by atoms with Crippen molar-refractivity contribution in [3.8, 4) is 28.1 Å². The second-order valence-corrected chi connectivity index (χ2v) is 7.07. The molecule has 0 unspecified atom stereocenters. The Morgan fingerprint density at radius 1 is 1.06 bits per heavy atom. The zero-order valence-corrected chi connectivity index (χ0v) is 16.7.